The van der Waals surface area contributed by atoms with E-state index in [0.717, 1.165) is 13.1 Å². The van der Waals surface area contributed by atoms with Gasteiger partial charge in [-0.1, -0.05) is 37.3 Å². The molecule has 1 amide bonds. The number of carbonyl (C=O) groups excluding carboxylic acids is 1. The van der Waals surface area contributed by atoms with Crippen molar-refractivity contribution in [3.8, 4) is 17.2 Å². The maximum Gasteiger partial charge on any atom is 0.225 e. The van der Waals surface area contributed by atoms with E-state index in [2.05, 4.69) is 29.3 Å². The molecule has 6 nitrogen and oxygen atoms in total. The van der Waals surface area contributed by atoms with E-state index in [-0.39, 0.29) is 5.91 Å². The molecule has 146 valence electrons. The van der Waals surface area contributed by atoms with E-state index in [4.69, 9.17) is 14.2 Å². The summed E-state index contributed by atoms with van der Waals surface area (Å²) in [6, 6.07) is 13.7. The minimum Gasteiger partial charge on any atom is -0.493 e. The van der Waals surface area contributed by atoms with Gasteiger partial charge in [-0.15, -0.1) is 0 Å². The Labute approximate surface area is 161 Å². The van der Waals surface area contributed by atoms with E-state index >= 15 is 0 Å². The summed E-state index contributed by atoms with van der Waals surface area (Å²) < 4.78 is 15.9. The van der Waals surface area contributed by atoms with Crippen molar-refractivity contribution < 1.29 is 19.0 Å². The van der Waals surface area contributed by atoms with Crippen LogP contribution in [0.1, 0.15) is 18.9 Å². The Morgan fingerprint density at radius 3 is 2.15 bits per heavy atom. The summed E-state index contributed by atoms with van der Waals surface area (Å²) in [5.74, 6) is 1.45. The first-order chi connectivity index (χ1) is 13.1. The summed E-state index contributed by atoms with van der Waals surface area (Å²) in [6.45, 7) is 4.49. The quantitative estimate of drug-likeness (QED) is 0.691. The first kappa shape index (κ1) is 20.6. The van der Waals surface area contributed by atoms with Gasteiger partial charge in [0.25, 0.3) is 0 Å². The molecule has 1 N–H and O–H groups in total. The van der Waals surface area contributed by atoms with Gasteiger partial charge >= 0.3 is 0 Å². The highest BCUT2D eigenvalue weighted by atomic mass is 16.5. The van der Waals surface area contributed by atoms with Crippen molar-refractivity contribution in [1.82, 2.24) is 4.90 Å². The van der Waals surface area contributed by atoms with E-state index in [1.165, 1.54) is 5.56 Å². The van der Waals surface area contributed by atoms with Gasteiger partial charge in [-0.3, -0.25) is 9.69 Å². The van der Waals surface area contributed by atoms with Crippen molar-refractivity contribution >= 4 is 11.6 Å². The number of hydrogen-bond donors (Lipinski definition) is 1. The molecule has 0 radical (unpaired) electrons. The van der Waals surface area contributed by atoms with Gasteiger partial charge in [-0.25, -0.2) is 0 Å². The van der Waals surface area contributed by atoms with Gasteiger partial charge in [-0.2, -0.15) is 0 Å². The van der Waals surface area contributed by atoms with Crippen LogP contribution < -0.4 is 19.5 Å². The fourth-order valence-corrected chi connectivity index (χ4v) is 2.83. The van der Waals surface area contributed by atoms with Crippen molar-refractivity contribution in [2.45, 2.75) is 19.9 Å². The fourth-order valence-electron chi connectivity index (χ4n) is 2.83. The fraction of sp³-hybridized carbons (Fsp3) is 0.381. The second-order valence-electron chi connectivity index (χ2n) is 6.07. The maximum atomic E-state index is 12.4. The lowest BCUT2D eigenvalue weighted by atomic mass is 10.2. The lowest BCUT2D eigenvalue weighted by Gasteiger charge is -2.20. The Morgan fingerprint density at radius 1 is 1.00 bits per heavy atom. The number of rotatable bonds is 10. The third-order valence-electron chi connectivity index (χ3n) is 4.30. The highest BCUT2D eigenvalue weighted by Gasteiger charge is 2.15. The number of methoxy groups -OCH3 is 3. The molecular weight excluding hydrogens is 344 g/mol. The van der Waals surface area contributed by atoms with Crippen LogP contribution in [0.2, 0.25) is 0 Å². The van der Waals surface area contributed by atoms with E-state index in [1.807, 2.05) is 18.2 Å². The smallest absolute Gasteiger partial charge is 0.225 e. The van der Waals surface area contributed by atoms with Gasteiger partial charge in [0, 0.05) is 37.3 Å². The topological polar surface area (TPSA) is 60.0 Å². The van der Waals surface area contributed by atoms with E-state index in [0.29, 0.717) is 35.9 Å². The van der Waals surface area contributed by atoms with Gasteiger partial charge < -0.3 is 19.5 Å². The van der Waals surface area contributed by atoms with Crippen molar-refractivity contribution in [3.63, 3.8) is 0 Å². The van der Waals surface area contributed by atoms with Crippen LogP contribution in [-0.4, -0.2) is 45.2 Å². The maximum absolute atomic E-state index is 12.4. The van der Waals surface area contributed by atoms with Gasteiger partial charge in [-0.05, 0) is 12.1 Å². The predicted molar refractivity (Wildman–Crippen MR) is 107 cm³/mol. The zero-order chi connectivity index (χ0) is 19.6. The molecule has 0 unspecified atom stereocenters. The summed E-state index contributed by atoms with van der Waals surface area (Å²) in [5.41, 5.74) is 1.85. The van der Waals surface area contributed by atoms with Gasteiger partial charge in [0.05, 0.1) is 21.3 Å². The average Bonchev–Trinajstić information content (AvgIpc) is 2.70. The number of ether oxygens (including phenoxy) is 3. The lowest BCUT2D eigenvalue weighted by molar-refractivity contribution is -0.116. The van der Waals surface area contributed by atoms with E-state index < -0.39 is 0 Å². The molecule has 0 saturated carbocycles. The highest BCUT2D eigenvalue weighted by Crippen LogP contribution is 2.39. The molecule has 0 aromatic heterocycles. The minimum atomic E-state index is -0.0595. The molecule has 6 heteroatoms. The zero-order valence-electron chi connectivity index (χ0n) is 16.5. The molecule has 0 saturated heterocycles. The van der Waals surface area contributed by atoms with Crippen LogP contribution in [0.15, 0.2) is 42.5 Å². The Kier molecular flexibility index (Phi) is 7.95. The highest BCUT2D eigenvalue weighted by molar-refractivity contribution is 5.91. The first-order valence-electron chi connectivity index (χ1n) is 8.97. The Morgan fingerprint density at radius 2 is 1.63 bits per heavy atom. The van der Waals surface area contributed by atoms with Gasteiger partial charge in [0.1, 0.15) is 0 Å². The van der Waals surface area contributed by atoms with Crippen molar-refractivity contribution in [1.29, 1.82) is 0 Å². The molecule has 2 rings (SSSR count). The normalized spacial score (nSPS) is 10.6. The number of amides is 1. The molecule has 0 atom stereocenters. The molecule has 0 aliphatic carbocycles. The molecule has 2 aromatic carbocycles. The monoisotopic (exact) mass is 372 g/mol. The molecule has 27 heavy (non-hydrogen) atoms. The second kappa shape index (κ2) is 10.4. The minimum absolute atomic E-state index is 0.0595. The van der Waals surface area contributed by atoms with Gasteiger partial charge in [0.2, 0.25) is 11.7 Å². The summed E-state index contributed by atoms with van der Waals surface area (Å²) in [4.78, 5) is 14.6. The Hall–Kier alpha value is -2.73. The number of anilines is 1. The lowest BCUT2D eigenvalue weighted by Crippen LogP contribution is -2.27. The van der Waals surface area contributed by atoms with Crippen molar-refractivity contribution in [3.05, 3.63) is 48.0 Å². The molecular formula is C21H28N2O4. The van der Waals surface area contributed by atoms with E-state index in [9.17, 15) is 4.79 Å². The Bertz CT molecular complexity index is 709. The van der Waals surface area contributed by atoms with Crippen LogP contribution in [0, 0.1) is 0 Å². The zero-order valence-corrected chi connectivity index (χ0v) is 16.5. The van der Waals surface area contributed by atoms with Crippen LogP contribution in [0.3, 0.4) is 0 Å². The van der Waals surface area contributed by atoms with E-state index in [1.54, 1.807) is 33.5 Å². The largest absolute Gasteiger partial charge is 0.493 e. The average molecular weight is 372 g/mol. The Balaban J connectivity index is 1.96. The third kappa shape index (κ3) is 5.89. The SMILES string of the molecule is CCN(CCC(=O)Nc1cc(OC)c(OC)c(OC)c1)Cc1ccccc1. The number of hydrogen-bond acceptors (Lipinski definition) is 5. The van der Waals surface area contributed by atoms with Crippen LogP contribution >= 0.6 is 0 Å². The van der Waals surface area contributed by atoms with Crippen molar-refractivity contribution in [2.75, 3.05) is 39.7 Å². The number of nitrogens with one attached hydrogen (secondary N) is 1. The number of benzene rings is 2. The molecule has 0 fully saturated rings. The predicted octanol–water partition coefficient (Wildman–Crippen LogP) is 3.56. The van der Waals surface area contributed by atoms with Crippen LogP contribution in [0.5, 0.6) is 17.2 Å². The summed E-state index contributed by atoms with van der Waals surface area (Å²) in [7, 11) is 4.64. The van der Waals surface area contributed by atoms with Crippen LogP contribution in [0.25, 0.3) is 0 Å². The number of nitrogens with zero attached hydrogens (tertiary/aromatic N) is 1. The third-order valence-corrected chi connectivity index (χ3v) is 4.30. The van der Waals surface area contributed by atoms with Crippen LogP contribution in [0.4, 0.5) is 5.69 Å². The summed E-state index contributed by atoms with van der Waals surface area (Å²) in [5, 5.41) is 2.90. The second-order valence-corrected chi connectivity index (χ2v) is 6.07. The van der Waals surface area contributed by atoms with Gasteiger partial charge in [0.15, 0.2) is 11.5 Å². The molecule has 0 spiro atoms. The molecule has 0 bridgehead atoms. The molecule has 0 aliphatic heterocycles. The first-order valence-corrected chi connectivity index (χ1v) is 8.97. The van der Waals surface area contributed by atoms with Crippen LogP contribution in [-0.2, 0) is 11.3 Å². The number of carbonyl (C=O) groups is 1. The molecule has 2 aromatic rings. The standard InChI is InChI=1S/C21H28N2O4/c1-5-23(15-16-9-7-6-8-10-16)12-11-20(24)22-17-13-18(25-2)21(27-4)19(14-17)26-3/h6-10,13-14H,5,11-12,15H2,1-4H3,(H,22,24). The molecule has 0 aliphatic rings. The summed E-state index contributed by atoms with van der Waals surface area (Å²) >= 11 is 0. The molecule has 0 heterocycles. The van der Waals surface area contributed by atoms with Crippen molar-refractivity contribution in [2.24, 2.45) is 0 Å². The summed E-state index contributed by atoms with van der Waals surface area (Å²) in [6.07, 6.45) is 0.400.